The van der Waals surface area contributed by atoms with Crippen LogP contribution in [0.3, 0.4) is 0 Å². The van der Waals surface area contributed by atoms with Gasteiger partial charge in [-0.05, 0) is 78.3 Å². The summed E-state index contributed by atoms with van der Waals surface area (Å²) >= 11 is 2.19. The summed E-state index contributed by atoms with van der Waals surface area (Å²) in [6, 6.07) is 23.3. The van der Waals surface area contributed by atoms with E-state index in [2.05, 4.69) is 27.9 Å². The molecule has 0 radical (unpaired) electrons. The number of benzene rings is 3. The quantitative estimate of drug-likeness (QED) is 0.186. The van der Waals surface area contributed by atoms with E-state index in [1.165, 1.54) is 5.56 Å². The molecule has 1 atom stereocenters. The van der Waals surface area contributed by atoms with Crippen molar-refractivity contribution in [3.8, 4) is 17.6 Å². The minimum absolute atomic E-state index is 0.0225. The van der Waals surface area contributed by atoms with Crippen molar-refractivity contribution in [3.05, 3.63) is 98.1 Å². The van der Waals surface area contributed by atoms with Crippen LogP contribution < -0.4 is 14.8 Å². The lowest BCUT2D eigenvalue weighted by Crippen LogP contribution is -2.27. The number of nitrogens with one attached hydrogen (secondary N) is 1. The van der Waals surface area contributed by atoms with Crippen LogP contribution in [0.2, 0.25) is 0 Å². The Morgan fingerprint density at radius 2 is 1.82 bits per heavy atom. The molecule has 6 heteroatoms. The molecule has 0 heterocycles. The first-order chi connectivity index (χ1) is 16.4. The second-order valence-corrected chi connectivity index (χ2v) is 8.98. The maximum Gasteiger partial charge on any atom is 0.262 e. The summed E-state index contributed by atoms with van der Waals surface area (Å²) in [5, 5.41) is 12.5. The summed E-state index contributed by atoms with van der Waals surface area (Å²) in [7, 11) is 0. The molecule has 0 aliphatic rings. The van der Waals surface area contributed by atoms with Crippen LogP contribution in [0.5, 0.6) is 11.5 Å². The number of aryl methyl sites for hydroxylation is 1. The van der Waals surface area contributed by atoms with Gasteiger partial charge in [-0.15, -0.1) is 0 Å². The van der Waals surface area contributed by atoms with Crippen molar-refractivity contribution in [2.75, 3.05) is 6.61 Å². The molecule has 3 rings (SSSR count). The number of carbonyl (C=O) groups excluding carboxylic acids is 1. The van der Waals surface area contributed by atoms with Gasteiger partial charge in [0.1, 0.15) is 18.2 Å². The molecule has 0 unspecified atom stereocenters. The van der Waals surface area contributed by atoms with Gasteiger partial charge in [0.25, 0.3) is 5.91 Å². The Hall–Kier alpha value is -3.31. The molecular formula is C28H27IN2O3. The highest BCUT2D eigenvalue weighted by Gasteiger charge is 2.16. The highest BCUT2D eigenvalue weighted by molar-refractivity contribution is 14.1. The highest BCUT2D eigenvalue weighted by atomic mass is 127. The molecule has 0 bridgehead atoms. The smallest absolute Gasteiger partial charge is 0.262 e. The van der Waals surface area contributed by atoms with Gasteiger partial charge >= 0.3 is 0 Å². The monoisotopic (exact) mass is 566 g/mol. The van der Waals surface area contributed by atoms with Crippen LogP contribution in [0.4, 0.5) is 0 Å². The van der Waals surface area contributed by atoms with E-state index in [0.29, 0.717) is 30.3 Å². The number of rotatable bonds is 9. The van der Waals surface area contributed by atoms with Crippen LogP contribution in [0, 0.1) is 21.8 Å². The Morgan fingerprint density at radius 3 is 2.47 bits per heavy atom. The van der Waals surface area contributed by atoms with Crippen LogP contribution in [0.25, 0.3) is 6.08 Å². The fourth-order valence-corrected chi connectivity index (χ4v) is 4.11. The van der Waals surface area contributed by atoms with Crippen molar-refractivity contribution < 1.29 is 14.3 Å². The van der Waals surface area contributed by atoms with E-state index in [1.54, 1.807) is 12.1 Å². The number of halogens is 1. The van der Waals surface area contributed by atoms with Crippen LogP contribution >= 0.6 is 22.6 Å². The lowest BCUT2D eigenvalue weighted by molar-refractivity contribution is -0.117. The fraction of sp³-hybridized carbons (Fsp3) is 0.214. The zero-order chi connectivity index (χ0) is 24.5. The van der Waals surface area contributed by atoms with E-state index in [1.807, 2.05) is 87.5 Å². The number of hydrogen-bond donors (Lipinski definition) is 1. The van der Waals surface area contributed by atoms with Gasteiger partial charge in [0, 0.05) is 0 Å². The second kappa shape index (κ2) is 12.2. The Bertz CT molecular complexity index is 1200. The first kappa shape index (κ1) is 25.3. The van der Waals surface area contributed by atoms with Gasteiger partial charge in [0.2, 0.25) is 0 Å². The summed E-state index contributed by atoms with van der Waals surface area (Å²) in [6.45, 7) is 6.71. The molecule has 3 aromatic carbocycles. The van der Waals surface area contributed by atoms with Crippen LogP contribution in [-0.2, 0) is 11.4 Å². The predicted molar refractivity (Wildman–Crippen MR) is 142 cm³/mol. The average molecular weight is 566 g/mol. The minimum atomic E-state index is -0.425. The van der Waals surface area contributed by atoms with Gasteiger partial charge in [0.05, 0.1) is 16.2 Å². The van der Waals surface area contributed by atoms with Gasteiger partial charge in [-0.1, -0.05) is 60.2 Å². The van der Waals surface area contributed by atoms with Crippen molar-refractivity contribution in [1.82, 2.24) is 5.32 Å². The topological polar surface area (TPSA) is 71.3 Å². The largest absolute Gasteiger partial charge is 0.490 e. The lowest BCUT2D eigenvalue weighted by atomic mass is 10.1. The fourth-order valence-electron chi connectivity index (χ4n) is 3.33. The van der Waals surface area contributed by atoms with Gasteiger partial charge in [-0.2, -0.15) is 5.26 Å². The number of amides is 1. The third-order valence-corrected chi connectivity index (χ3v) is 5.96. The molecule has 0 spiro atoms. The third-order valence-electron chi connectivity index (χ3n) is 5.16. The molecule has 5 nitrogen and oxygen atoms in total. The zero-order valence-corrected chi connectivity index (χ0v) is 21.6. The Balaban J connectivity index is 1.81. The summed E-state index contributed by atoms with van der Waals surface area (Å²) in [6.07, 6.45) is 1.57. The van der Waals surface area contributed by atoms with Crippen molar-refractivity contribution in [3.63, 3.8) is 0 Å². The molecule has 3 aromatic rings. The molecule has 0 aliphatic carbocycles. The molecular weight excluding hydrogens is 539 g/mol. The molecule has 0 fully saturated rings. The highest BCUT2D eigenvalue weighted by Crippen LogP contribution is 2.35. The Kier molecular flexibility index (Phi) is 9.11. The van der Waals surface area contributed by atoms with Crippen LogP contribution in [-0.4, -0.2) is 12.5 Å². The SMILES string of the molecule is CCOc1cc(/C=C(/C#N)C(=O)N[C@@H](C)c2ccccc2)cc(I)c1OCc1ccc(C)cc1. The molecule has 1 amide bonds. The lowest BCUT2D eigenvalue weighted by Gasteiger charge is -2.16. The maximum atomic E-state index is 12.7. The van der Waals surface area contributed by atoms with Crippen LogP contribution in [0.15, 0.2) is 72.3 Å². The molecule has 0 saturated carbocycles. The van der Waals surface area contributed by atoms with Crippen molar-refractivity contribution in [2.24, 2.45) is 0 Å². The van der Waals surface area contributed by atoms with Crippen molar-refractivity contribution in [1.29, 1.82) is 5.26 Å². The Morgan fingerprint density at radius 1 is 1.12 bits per heavy atom. The third kappa shape index (κ3) is 6.84. The number of carbonyl (C=O) groups is 1. The van der Waals surface area contributed by atoms with Gasteiger partial charge < -0.3 is 14.8 Å². The predicted octanol–water partition coefficient (Wildman–Crippen LogP) is 6.36. The van der Waals surface area contributed by atoms with E-state index in [9.17, 15) is 10.1 Å². The summed E-state index contributed by atoms with van der Waals surface area (Å²) in [4.78, 5) is 12.7. The van der Waals surface area contributed by atoms with E-state index >= 15 is 0 Å². The zero-order valence-electron chi connectivity index (χ0n) is 19.5. The first-order valence-corrected chi connectivity index (χ1v) is 12.1. The van der Waals surface area contributed by atoms with Gasteiger partial charge in [0.15, 0.2) is 11.5 Å². The van der Waals surface area contributed by atoms with E-state index in [0.717, 1.165) is 14.7 Å². The summed E-state index contributed by atoms with van der Waals surface area (Å²) < 4.78 is 12.7. The number of nitriles is 1. The number of ether oxygens (including phenoxy) is 2. The molecule has 0 aliphatic heterocycles. The standard InChI is InChI=1S/C28H27IN2O3/c1-4-33-26-16-22(15-25(29)27(26)34-18-21-12-10-19(2)11-13-21)14-24(17-30)28(32)31-20(3)23-8-6-5-7-9-23/h5-16,20H,4,18H2,1-3H3,(H,31,32)/b24-14-/t20-/m0/s1. The molecule has 34 heavy (non-hydrogen) atoms. The summed E-state index contributed by atoms with van der Waals surface area (Å²) in [5.41, 5.74) is 3.93. The van der Waals surface area contributed by atoms with Crippen LogP contribution in [0.1, 0.15) is 42.1 Å². The van der Waals surface area contributed by atoms with Gasteiger partial charge in [-0.25, -0.2) is 0 Å². The second-order valence-electron chi connectivity index (χ2n) is 7.81. The van der Waals surface area contributed by atoms with Crippen molar-refractivity contribution in [2.45, 2.75) is 33.4 Å². The van der Waals surface area contributed by atoms with Crippen molar-refractivity contribution >= 4 is 34.6 Å². The first-order valence-electron chi connectivity index (χ1n) is 11.0. The molecule has 0 saturated heterocycles. The van der Waals surface area contributed by atoms with E-state index in [4.69, 9.17) is 9.47 Å². The average Bonchev–Trinajstić information content (AvgIpc) is 2.83. The molecule has 1 N–H and O–H groups in total. The molecule has 174 valence electrons. The minimum Gasteiger partial charge on any atom is -0.490 e. The normalized spacial score (nSPS) is 11.9. The van der Waals surface area contributed by atoms with Gasteiger partial charge in [-0.3, -0.25) is 4.79 Å². The maximum absolute atomic E-state index is 12.7. The Labute approximate surface area is 214 Å². The number of hydrogen-bond acceptors (Lipinski definition) is 4. The molecule has 0 aromatic heterocycles. The number of nitrogens with zero attached hydrogens (tertiary/aromatic N) is 1. The summed E-state index contributed by atoms with van der Waals surface area (Å²) in [5.74, 6) is 0.787. The van der Waals surface area contributed by atoms with E-state index in [-0.39, 0.29) is 11.6 Å². The van der Waals surface area contributed by atoms with E-state index < -0.39 is 5.91 Å².